The SMILES string of the molecule is Cc1nc(Cl)c(N[C@H](CO)C(C)C)nc1C. The summed E-state index contributed by atoms with van der Waals surface area (Å²) in [4.78, 5) is 8.50. The van der Waals surface area contributed by atoms with Crippen molar-refractivity contribution in [3.8, 4) is 0 Å². The van der Waals surface area contributed by atoms with Crippen molar-refractivity contribution in [1.82, 2.24) is 9.97 Å². The summed E-state index contributed by atoms with van der Waals surface area (Å²) >= 11 is 5.99. The van der Waals surface area contributed by atoms with E-state index in [1.807, 2.05) is 27.7 Å². The predicted octanol–water partition coefficient (Wildman–Crippen LogP) is 2.18. The Morgan fingerprint density at radius 1 is 1.25 bits per heavy atom. The van der Waals surface area contributed by atoms with Gasteiger partial charge in [-0.25, -0.2) is 9.97 Å². The predicted molar refractivity (Wildman–Crippen MR) is 65.9 cm³/mol. The average Bonchev–Trinajstić information content (AvgIpc) is 2.21. The van der Waals surface area contributed by atoms with Gasteiger partial charge in [-0.15, -0.1) is 0 Å². The fourth-order valence-corrected chi connectivity index (χ4v) is 1.49. The highest BCUT2D eigenvalue weighted by atomic mass is 35.5. The van der Waals surface area contributed by atoms with E-state index in [0.29, 0.717) is 16.9 Å². The Hall–Kier alpha value is -0.870. The van der Waals surface area contributed by atoms with Crippen molar-refractivity contribution < 1.29 is 5.11 Å². The second kappa shape index (κ2) is 5.46. The average molecular weight is 244 g/mol. The third-order valence-corrected chi connectivity index (χ3v) is 2.85. The summed E-state index contributed by atoms with van der Waals surface area (Å²) in [6.07, 6.45) is 0. The van der Waals surface area contributed by atoms with Crippen LogP contribution < -0.4 is 5.32 Å². The van der Waals surface area contributed by atoms with E-state index >= 15 is 0 Å². The van der Waals surface area contributed by atoms with Crippen LogP contribution in [0.1, 0.15) is 25.2 Å². The van der Waals surface area contributed by atoms with E-state index < -0.39 is 0 Å². The van der Waals surface area contributed by atoms with Crippen LogP contribution in [0.25, 0.3) is 0 Å². The number of nitrogens with zero attached hydrogens (tertiary/aromatic N) is 2. The fourth-order valence-electron chi connectivity index (χ4n) is 1.27. The summed E-state index contributed by atoms with van der Waals surface area (Å²) in [5.74, 6) is 0.835. The van der Waals surface area contributed by atoms with Crippen molar-refractivity contribution in [2.24, 2.45) is 5.92 Å². The number of anilines is 1. The minimum atomic E-state index is -0.0612. The number of halogens is 1. The first kappa shape index (κ1) is 13.2. The highest BCUT2D eigenvalue weighted by Gasteiger charge is 2.15. The Kier molecular flexibility index (Phi) is 4.50. The minimum Gasteiger partial charge on any atom is -0.394 e. The first-order valence-electron chi connectivity index (χ1n) is 5.33. The Bertz CT molecular complexity index is 368. The fraction of sp³-hybridized carbons (Fsp3) is 0.636. The molecule has 1 aromatic rings. The molecule has 0 aliphatic heterocycles. The van der Waals surface area contributed by atoms with Gasteiger partial charge in [-0.2, -0.15) is 0 Å². The number of aliphatic hydroxyl groups excluding tert-OH is 1. The van der Waals surface area contributed by atoms with Gasteiger partial charge in [-0.3, -0.25) is 0 Å². The lowest BCUT2D eigenvalue weighted by molar-refractivity contribution is 0.249. The highest BCUT2D eigenvalue weighted by Crippen LogP contribution is 2.20. The van der Waals surface area contributed by atoms with E-state index in [1.165, 1.54) is 0 Å². The Labute approximate surface area is 101 Å². The van der Waals surface area contributed by atoms with Gasteiger partial charge < -0.3 is 10.4 Å². The molecule has 0 fully saturated rings. The number of hydrogen-bond acceptors (Lipinski definition) is 4. The van der Waals surface area contributed by atoms with Crippen LogP contribution in [0.2, 0.25) is 5.15 Å². The Morgan fingerprint density at radius 3 is 2.31 bits per heavy atom. The maximum Gasteiger partial charge on any atom is 0.171 e. The van der Waals surface area contributed by atoms with E-state index in [9.17, 15) is 5.11 Å². The molecule has 0 spiro atoms. The monoisotopic (exact) mass is 243 g/mol. The molecule has 1 heterocycles. The molecule has 5 heteroatoms. The molecule has 0 aliphatic carbocycles. The molecule has 1 aromatic heterocycles. The summed E-state index contributed by atoms with van der Waals surface area (Å²) in [6.45, 7) is 7.84. The molecule has 4 nitrogen and oxygen atoms in total. The molecule has 0 aliphatic rings. The number of aromatic nitrogens is 2. The molecule has 16 heavy (non-hydrogen) atoms. The molecule has 0 aromatic carbocycles. The molecule has 1 rings (SSSR count). The van der Waals surface area contributed by atoms with E-state index in [2.05, 4.69) is 15.3 Å². The van der Waals surface area contributed by atoms with Gasteiger partial charge in [-0.05, 0) is 19.8 Å². The first-order valence-corrected chi connectivity index (χ1v) is 5.71. The maximum atomic E-state index is 9.22. The zero-order valence-corrected chi connectivity index (χ0v) is 10.8. The maximum absolute atomic E-state index is 9.22. The van der Waals surface area contributed by atoms with Crippen molar-refractivity contribution in [1.29, 1.82) is 0 Å². The van der Waals surface area contributed by atoms with Gasteiger partial charge in [0, 0.05) is 0 Å². The largest absolute Gasteiger partial charge is 0.394 e. The minimum absolute atomic E-state index is 0.0442. The van der Waals surface area contributed by atoms with Crippen LogP contribution in [-0.4, -0.2) is 27.7 Å². The van der Waals surface area contributed by atoms with Crippen LogP contribution in [-0.2, 0) is 0 Å². The number of aryl methyl sites for hydroxylation is 2. The molecule has 0 saturated heterocycles. The number of aliphatic hydroxyl groups is 1. The number of nitrogens with one attached hydrogen (secondary N) is 1. The standard InChI is InChI=1S/C11H18ClN3O/c1-6(2)9(5-16)15-11-10(12)13-7(3)8(4)14-11/h6,9,16H,5H2,1-4H3,(H,14,15)/t9-/m1/s1. The summed E-state index contributed by atoms with van der Waals surface area (Å²) < 4.78 is 0. The van der Waals surface area contributed by atoms with Gasteiger partial charge in [0.15, 0.2) is 11.0 Å². The van der Waals surface area contributed by atoms with Crippen LogP contribution in [0.4, 0.5) is 5.82 Å². The molecule has 90 valence electrons. The molecule has 0 bridgehead atoms. The lowest BCUT2D eigenvalue weighted by Crippen LogP contribution is -2.30. The molecule has 1 atom stereocenters. The van der Waals surface area contributed by atoms with Gasteiger partial charge in [0.1, 0.15) is 0 Å². The topological polar surface area (TPSA) is 58.0 Å². The summed E-state index contributed by atoms with van der Waals surface area (Å²) in [6, 6.07) is -0.0612. The van der Waals surface area contributed by atoms with Crippen molar-refractivity contribution >= 4 is 17.4 Å². The van der Waals surface area contributed by atoms with Crippen molar-refractivity contribution in [2.45, 2.75) is 33.7 Å². The van der Waals surface area contributed by atoms with E-state index in [4.69, 9.17) is 11.6 Å². The Balaban J connectivity index is 2.92. The lowest BCUT2D eigenvalue weighted by atomic mass is 10.1. The van der Waals surface area contributed by atoms with Crippen LogP contribution in [0, 0.1) is 19.8 Å². The van der Waals surface area contributed by atoms with Gasteiger partial charge in [0.25, 0.3) is 0 Å². The first-order chi connectivity index (χ1) is 7.45. The van der Waals surface area contributed by atoms with Crippen LogP contribution in [0.3, 0.4) is 0 Å². The summed E-state index contributed by atoms with van der Waals surface area (Å²) in [7, 11) is 0. The van der Waals surface area contributed by atoms with Crippen molar-refractivity contribution in [2.75, 3.05) is 11.9 Å². The molecule has 0 saturated carbocycles. The van der Waals surface area contributed by atoms with Gasteiger partial charge >= 0.3 is 0 Å². The van der Waals surface area contributed by atoms with Crippen molar-refractivity contribution in [3.63, 3.8) is 0 Å². The summed E-state index contributed by atoms with van der Waals surface area (Å²) in [5.41, 5.74) is 1.66. The number of hydrogen-bond donors (Lipinski definition) is 2. The highest BCUT2D eigenvalue weighted by molar-refractivity contribution is 6.31. The molecule has 0 radical (unpaired) electrons. The molecule has 2 N–H and O–H groups in total. The Morgan fingerprint density at radius 2 is 1.81 bits per heavy atom. The van der Waals surface area contributed by atoms with E-state index in [0.717, 1.165) is 11.4 Å². The van der Waals surface area contributed by atoms with Crippen molar-refractivity contribution in [3.05, 3.63) is 16.5 Å². The van der Waals surface area contributed by atoms with Gasteiger partial charge in [0.05, 0.1) is 24.0 Å². The summed E-state index contributed by atoms with van der Waals surface area (Å²) in [5, 5.41) is 12.7. The zero-order chi connectivity index (χ0) is 12.3. The second-order valence-electron chi connectivity index (χ2n) is 4.21. The molecular formula is C11H18ClN3O. The van der Waals surface area contributed by atoms with Gasteiger partial charge in [0.2, 0.25) is 0 Å². The quantitative estimate of drug-likeness (QED) is 0.851. The molecule has 0 amide bonds. The van der Waals surface area contributed by atoms with Crippen LogP contribution in [0.5, 0.6) is 0 Å². The lowest BCUT2D eigenvalue weighted by Gasteiger charge is -2.21. The van der Waals surface area contributed by atoms with E-state index in [-0.39, 0.29) is 12.6 Å². The molecular weight excluding hydrogens is 226 g/mol. The second-order valence-corrected chi connectivity index (χ2v) is 4.57. The van der Waals surface area contributed by atoms with E-state index in [1.54, 1.807) is 0 Å². The van der Waals surface area contributed by atoms with Gasteiger partial charge in [-0.1, -0.05) is 25.4 Å². The zero-order valence-electron chi connectivity index (χ0n) is 10.1. The molecule has 0 unspecified atom stereocenters. The normalized spacial score (nSPS) is 12.9. The van der Waals surface area contributed by atoms with Crippen LogP contribution >= 0.6 is 11.6 Å². The third kappa shape index (κ3) is 3.06. The smallest absolute Gasteiger partial charge is 0.171 e. The van der Waals surface area contributed by atoms with Crippen LogP contribution in [0.15, 0.2) is 0 Å². The third-order valence-electron chi connectivity index (χ3n) is 2.59. The number of rotatable bonds is 4.